The molecule has 0 aliphatic heterocycles. The minimum atomic E-state index is -0.333. The number of aromatic nitrogens is 1. The van der Waals surface area contributed by atoms with Gasteiger partial charge in [-0.25, -0.2) is 10.4 Å². The molecular weight excluding hydrogens is 418 g/mol. The first-order chi connectivity index (χ1) is 16.1. The van der Waals surface area contributed by atoms with E-state index < -0.39 is 0 Å². The van der Waals surface area contributed by atoms with Gasteiger partial charge in [0.25, 0.3) is 5.91 Å². The Balaban J connectivity index is 1.62. The largest absolute Gasteiger partial charge is 0.497 e. The average Bonchev–Trinajstić information content (AvgIpc) is 2.87. The Hall–Kier alpha value is -4.39. The molecule has 1 aromatic heterocycles. The lowest BCUT2D eigenvalue weighted by molar-refractivity contribution is 0.0956. The van der Waals surface area contributed by atoms with Crippen molar-refractivity contribution in [2.45, 2.75) is 0 Å². The third-order valence-corrected chi connectivity index (χ3v) is 5.13. The van der Waals surface area contributed by atoms with Gasteiger partial charge in [-0.1, -0.05) is 18.2 Å². The van der Waals surface area contributed by atoms with E-state index in [1.807, 2.05) is 54.6 Å². The molecule has 0 fully saturated rings. The molecule has 4 aromatic rings. The van der Waals surface area contributed by atoms with Crippen LogP contribution in [0.4, 0.5) is 0 Å². The van der Waals surface area contributed by atoms with Crippen molar-refractivity contribution in [3.63, 3.8) is 0 Å². The molecule has 3 aromatic carbocycles. The van der Waals surface area contributed by atoms with E-state index in [1.54, 1.807) is 45.7 Å². The number of pyridine rings is 1. The van der Waals surface area contributed by atoms with Crippen molar-refractivity contribution in [3.8, 4) is 28.5 Å². The van der Waals surface area contributed by atoms with Crippen LogP contribution in [0.15, 0.2) is 77.9 Å². The molecule has 0 aliphatic carbocycles. The molecule has 166 valence electrons. The number of hydrogen-bond donors (Lipinski definition) is 1. The Labute approximate surface area is 191 Å². The number of rotatable bonds is 7. The van der Waals surface area contributed by atoms with Crippen molar-refractivity contribution in [1.29, 1.82) is 0 Å². The monoisotopic (exact) mass is 441 g/mol. The van der Waals surface area contributed by atoms with E-state index >= 15 is 0 Å². The van der Waals surface area contributed by atoms with Crippen LogP contribution < -0.4 is 19.6 Å². The Morgan fingerprint density at radius 1 is 0.879 bits per heavy atom. The quantitative estimate of drug-likeness (QED) is 0.332. The molecular formula is C26H23N3O4. The van der Waals surface area contributed by atoms with E-state index in [-0.39, 0.29) is 5.91 Å². The molecule has 4 rings (SSSR count). The van der Waals surface area contributed by atoms with Gasteiger partial charge in [0.15, 0.2) is 11.5 Å². The maximum absolute atomic E-state index is 13.0. The van der Waals surface area contributed by atoms with E-state index in [9.17, 15) is 4.79 Å². The molecule has 0 bridgehead atoms. The molecule has 0 atom stereocenters. The number of hydrazone groups is 1. The number of ether oxygens (including phenoxy) is 3. The van der Waals surface area contributed by atoms with E-state index in [2.05, 4.69) is 10.5 Å². The topological polar surface area (TPSA) is 82.0 Å². The SMILES string of the molecule is COc1ccc(-c2cc(C(=O)N/N=C\c3ccc(OC)c(OC)c3)c3ccccc3n2)cc1. The van der Waals surface area contributed by atoms with E-state index in [1.165, 1.54) is 0 Å². The Morgan fingerprint density at radius 2 is 1.64 bits per heavy atom. The van der Waals surface area contributed by atoms with Crippen LogP contribution in [-0.4, -0.2) is 38.4 Å². The highest BCUT2D eigenvalue weighted by molar-refractivity contribution is 6.07. The third kappa shape index (κ3) is 4.77. The van der Waals surface area contributed by atoms with Crippen molar-refractivity contribution < 1.29 is 19.0 Å². The first-order valence-electron chi connectivity index (χ1n) is 10.2. The van der Waals surface area contributed by atoms with Crippen LogP contribution in [0.1, 0.15) is 15.9 Å². The highest BCUT2D eigenvalue weighted by Crippen LogP contribution is 2.28. The summed E-state index contributed by atoms with van der Waals surface area (Å²) < 4.78 is 15.8. The van der Waals surface area contributed by atoms with Crippen LogP contribution in [0.2, 0.25) is 0 Å². The predicted molar refractivity (Wildman–Crippen MR) is 128 cm³/mol. The van der Waals surface area contributed by atoms with E-state index in [4.69, 9.17) is 19.2 Å². The summed E-state index contributed by atoms with van der Waals surface area (Å²) in [6.07, 6.45) is 1.55. The van der Waals surface area contributed by atoms with Gasteiger partial charge in [0.1, 0.15) is 5.75 Å². The summed E-state index contributed by atoms with van der Waals surface area (Å²) in [5.41, 5.74) is 6.14. The molecule has 7 heteroatoms. The highest BCUT2D eigenvalue weighted by atomic mass is 16.5. The average molecular weight is 441 g/mol. The second kappa shape index (κ2) is 9.82. The van der Waals surface area contributed by atoms with Crippen LogP contribution in [0, 0.1) is 0 Å². The molecule has 0 saturated carbocycles. The van der Waals surface area contributed by atoms with Gasteiger partial charge in [-0.3, -0.25) is 4.79 Å². The molecule has 0 saturated heterocycles. The summed E-state index contributed by atoms with van der Waals surface area (Å²) >= 11 is 0. The minimum Gasteiger partial charge on any atom is -0.497 e. The fourth-order valence-corrected chi connectivity index (χ4v) is 3.43. The summed E-state index contributed by atoms with van der Waals surface area (Å²) in [6.45, 7) is 0. The standard InChI is InChI=1S/C26H23N3O4/c1-31-19-11-9-18(10-12-19)23-15-21(20-6-4-5-7-22(20)28-23)26(30)29-27-16-17-8-13-24(32-2)25(14-17)33-3/h4-16H,1-3H3,(H,29,30)/b27-16-. The van der Waals surface area contributed by atoms with Crippen LogP contribution in [0.3, 0.4) is 0 Å². The zero-order chi connectivity index (χ0) is 23.2. The second-order valence-electron chi connectivity index (χ2n) is 7.11. The maximum atomic E-state index is 13.0. The van der Waals surface area contributed by atoms with Crippen LogP contribution in [0.25, 0.3) is 22.2 Å². The summed E-state index contributed by atoms with van der Waals surface area (Å²) in [5.74, 6) is 1.62. The van der Waals surface area contributed by atoms with Gasteiger partial charge in [-0.15, -0.1) is 0 Å². The second-order valence-corrected chi connectivity index (χ2v) is 7.11. The summed E-state index contributed by atoms with van der Waals surface area (Å²) in [6, 6.07) is 22.2. The molecule has 0 spiro atoms. The number of nitrogens with one attached hydrogen (secondary N) is 1. The molecule has 1 amide bonds. The lowest BCUT2D eigenvalue weighted by atomic mass is 10.0. The molecule has 1 heterocycles. The first kappa shape index (κ1) is 21.8. The lowest BCUT2D eigenvalue weighted by Gasteiger charge is -2.10. The molecule has 0 unspecified atom stereocenters. The zero-order valence-corrected chi connectivity index (χ0v) is 18.5. The summed E-state index contributed by atoms with van der Waals surface area (Å²) in [7, 11) is 4.76. The Morgan fingerprint density at radius 3 is 2.36 bits per heavy atom. The first-order valence-corrected chi connectivity index (χ1v) is 10.2. The number of hydrogen-bond acceptors (Lipinski definition) is 6. The Kier molecular flexibility index (Phi) is 6.50. The van der Waals surface area contributed by atoms with Gasteiger partial charge < -0.3 is 14.2 Å². The molecule has 1 N–H and O–H groups in total. The molecule has 33 heavy (non-hydrogen) atoms. The molecule has 7 nitrogen and oxygen atoms in total. The number of nitrogens with zero attached hydrogens (tertiary/aromatic N) is 2. The van der Waals surface area contributed by atoms with Gasteiger partial charge in [-0.2, -0.15) is 5.10 Å². The fourth-order valence-electron chi connectivity index (χ4n) is 3.43. The third-order valence-electron chi connectivity index (χ3n) is 5.13. The zero-order valence-electron chi connectivity index (χ0n) is 18.5. The van der Waals surface area contributed by atoms with E-state index in [0.717, 1.165) is 27.8 Å². The van der Waals surface area contributed by atoms with Crippen LogP contribution >= 0.6 is 0 Å². The number of fused-ring (bicyclic) bond motifs is 1. The summed E-state index contributed by atoms with van der Waals surface area (Å²) in [4.78, 5) is 17.8. The molecule has 0 aliphatic rings. The van der Waals surface area contributed by atoms with Crippen LogP contribution in [0.5, 0.6) is 17.2 Å². The number of carbonyl (C=O) groups excluding carboxylic acids is 1. The number of carbonyl (C=O) groups is 1. The summed E-state index contributed by atoms with van der Waals surface area (Å²) in [5, 5.41) is 4.87. The van der Waals surface area contributed by atoms with Crippen molar-refractivity contribution in [1.82, 2.24) is 10.4 Å². The van der Waals surface area contributed by atoms with Gasteiger partial charge in [0.05, 0.1) is 44.3 Å². The van der Waals surface area contributed by atoms with Crippen molar-refractivity contribution in [2.24, 2.45) is 5.10 Å². The number of benzene rings is 3. The van der Waals surface area contributed by atoms with Crippen molar-refractivity contribution in [3.05, 3.63) is 83.9 Å². The Bertz CT molecular complexity index is 1320. The van der Waals surface area contributed by atoms with Crippen molar-refractivity contribution >= 4 is 23.0 Å². The highest BCUT2D eigenvalue weighted by Gasteiger charge is 2.14. The number of methoxy groups -OCH3 is 3. The van der Waals surface area contributed by atoms with Gasteiger partial charge in [0, 0.05) is 10.9 Å². The lowest BCUT2D eigenvalue weighted by Crippen LogP contribution is -2.18. The van der Waals surface area contributed by atoms with Gasteiger partial charge >= 0.3 is 0 Å². The van der Waals surface area contributed by atoms with Gasteiger partial charge in [-0.05, 0) is 60.2 Å². The fraction of sp³-hybridized carbons (Fsp3) is 0.115. The predicted octanol–water partition coefficient (Wildman–Crippen LogP) is 4.69. The number of para-hydroxylation sites is 1. The minimum absolute atomic E-state index is 0.333. The smallest absolute Gasteiger partial charge is 0.272 e. The maximum Gasteiger partial charge on any atom is 0.272 e. The normalized spacial score (nSPS) is 10.9. The molecule has 0 radical (unpaired) electrons. The van der Waals surface area contributed by atoms with E-state index in [0.29, 0.717) is 22.8 Å². The van der Waals surface area contributed by atoms with Gasteiger partial charge in [0.2, 0.25) is 0 Å². The van der Waals surface area contributed by atoms with Crippen molar-refractivity contribution in [2.75, 3.05) is 21.3 Å². The van der Waals surface area contributed by atoms with Crippen LogP contribution in [-0.2, 0) is 0 Å². The number of amides is 1.